The Hall–Kier alpha value is -2.64. The minimum absolute atomic E-state index is 0.743. The van der Waals surface area contributed by atoms with E-state index in [2.05, 4.69) is 36.4 Å². The van der Waals surface area contributed by atoms with Crippen molar-refractivity contribution in [3.63, 3.8) is 0 Å². The van der Waals surface area contributed by atoms with E-state index in [0.29, 0.717) is 0 Å². The fraction of sp³-hybridized carbons (Fsp3) is 0. The van der Waals surface area contributed by atoms with Gasteiger partial charge in [-0.2, -0.15) is 0 Å². The van der Waals surface area contributed by atoms with Gasteiger partial charge in [-0.25, -0.2) is 0 Å². The molecule has 0 spiro atoms. The van der Waals surface area contributed by atoms with Crippen LogP contribution in [0.1, 0.15) is 0 Å². The molecule has 0 amide bonds. The van der Waals surface area contributed by atoms with Crippen LogP contribution < -0.4 is 0 Å². The van der Waals surface area contributed by atoms with E-state index in [1.165, 1.54) is 5.39 Å². The van der Waals surface area contributed by atoms with Gasteiger partial charge < -0.3 is 0 Å². The predicted molar refractivity (Wildman–Crippen MR) is 97.6 cm³/mol. The Morgan fingerprint density at radius 2 is 1.26 bits per heavy atom. The molecule has 0 saturated carbocycles. The molecular weight excluding hydrogens is 302 g/mol. The van der Waals surface area contributed by atoms with Gasteiger partial charge in [-0.1, -0.05) is 78.3 Å². The summed E-state index contributed by atoms with van der Waals surface area (Å²) >= 11 is 6.01. The molecule has 0 radical (unpaired) electrons. The van der Waals surface area contributed by atoms with Gasteiger partial charge in [0, 0.05) is 27.7 Å². The van der Waals surface area contributed by atoms with Crippen molar-refractivity contribution >= 4 is 22.4 Å². The Labute approximate surface area is 140 Å². The van der Waals surface area contributed by atoms with Crippen molar-refractivity contribution in [3.05, 3.63) is 90.1 Å². The fourth-order valence-electron chi connectivity index (χ4n) is 2.88. The summed E-state index contributed by atoms with van der Waals surface area (Å²) in [7, 11) is 0. The first kappa shape index (κ1) is 14.0. The summed E-state index contributed by atoms with van der Waals surface area (Å²) < 4.78 is 0. The summed E-state index contributed by atoms with van der Waals surface area (Å²) in [4.78, 5) is 4.74. The lowest BCUT2D eigenvalue weighted by molar-refractivity contribution is 1.35. The van der Waals surface area contributed by atoms with Crippen LogP contribution in [0, 0.1) is 0 Å². The first-order valence-corrected chi connectivity index (χ1v) is 7.90. The smallest absolute Gasteiger partial charge is 0.0780 e. The molecule has 0 aliphatic heterocycles. The van der Waals surface area contributed by atoms with E-state index in [1.54, 1.807) is 0 Å². The monoisotopic (exact) mass is 315 g/mol. The zero-order valence-electron chi connectivity index (χ0n) is 12.4. The van der Waals surface area contributed by atoms with Gasteiger partial charge in [0.25, 0.3) is 0 Å². The van der Waals surface area contributed by atoms with Crippen molar-refractivity contribution in [1.29, 1.82) is 0 Å². The number of halogens is 1. The van der Waals surface area contributed by atoms with Crippen molar-refractivity contribution in [2.75, 3.05) is 0 Å². The van der Waals surface area contributed by atoms with Crippen LogP contribution in [0.3, 0.4) is 0 Å². The van der Waals surface area contributed by atoms with Crippen LogP contribution in [0.2, 0.25) is 5.02 Å². The molecule has 0 N–H and O–H groups in total. The molecule has 0 aliphatic carbocycles. The van der Waals surface area contributed by atoms with E-state index in [9.17, 15) is 0 Å². The quantitative estimate of drug-likeness (QED) is 0.428. The molecule has 4 rings (SSSR count). The summed E-state index contributed by atoms with van der Waals surface area (Å²) in [5.74, 6) is 0. The highest BCUT2D eigenvalue weighted by molar-refractivity contribution is 6.30. The van der Waals surface area contributed by atoms with E-state index in [0.717, 1.165) is 32.8 Å². The zero-order chi connectivity index (χ0) is 15.6. The molecule has 0 bridgehead atoms. The molecule has 0 saturated heterocycles. The summed E-state index contributed by atoms with van der Waals surface area (Å²) in [6.45, 7) is 0. The lowest BCUT2D eigenvalue weighted by atomic mass is 9.97. The molecule has 110 valence electrons. The van der Waals surface area contributed by atoms with Gasteiger partial charge in [0.05, 0.1) is 5.69 Å². The van der Waals surface area contributed by atoms with Crippen molar-refractivity contribution < 1.29 is 0 Å². The van der Waals surface area contributed by atoms with Crippen molar-refractivity contribution in [1.82, 2.24) is 4.98 Å². The third-order valence-electron chi connectivity index (χ3n) is 4.00. The average Bonchev–Trinajstić information content (AvgIpc) is 2.62. The Balaban J connectivity index is 1.97. The van der Waals surface area contributed by atoms with Crippen LogP contribution in [0.25, 0.3) is 33.2 Å². The lowest BCUT2D eigenvalue weighted by Crippen LogP contribution is -1.89. The van der Waals surface area contributed by atoms with Gasteiger partial charge in [-0.3, -0.25) is 4.98 Å². The molecule has 1 nitrogen and oxygen atoms in total. The van der Waals surface area contributed by atoms with Crippen LogP contribution in [0.5, 0.6) is 0 Å². The number of fused-ring (bicyclic) bond motifs is 1. The predicted octanol–water partition coefficient (Wildman–Crippen LogP) is 6.22. The maximum atomic E-state index is 6.01. The maximum Gasteiger partial charge on any atom is 0.0780 e. The molecule has 0 atom stereocenters. The highest BCUT2D eigenvalue weighted by Gasteiger charge is 2.10. The van der Waals surface area contributed by atoms with Gasteiger partial charge in [0.15, 0.2) is 0 Å². The third-order valence-corrected chi connectivity index (χ3v) is 4.25. The van der Waals surface area contributed by atoms with Crippen LogP contribution in [-0.2, 0) is 0 Å². The molecule has 23 heavy (non-hydrogen) atoms. The Morgan fingerprint density at radius 3 is 2.00 bits per heavy atom. The molecular formula is C21H14ClN. The second-order valence-corrected chi connectivity index (χ2v) is 5.88. The molecule has 2 heteroatoms. The standard InChI is InChI=1S/C21H14ClN/c22-17-12-10-15(11-13-17)20-14-23-21(16-6-2-1-3-7-16)19-9-5-4-8-18(19)20/h1-14H. The van der Waals surface area contributed by atoms with Crippen molar-refractivity contribution in [2.24, 2.45) is 0 Å². The van der Waals surface area contributed by atoms with Gasteiger partial charge in [-0.15, -0.1) is 0 Å². The maximum absolute atomic E-state index is 6.01. The minimum atomic E-state index is 0.743. The van der Waals surface area contributed by atoms with Crippen molar-refractivity contribution in [2.45, 2.75) is 0 Å². The van der Waals surface area contributed by atoms with E-state index >= 15 is 0 Å². The van der Waals surface area contributed by atoms with E-state index in [-0.39, 0.29) is 0 Å². The summed E-state index contributed by atoms with van der Waals surface area (Å²) in [5.41, 5.74) is 4.39. The second kappa shape index (κ2) is 5.86. The van der Waals surface area contributed by atoms with Crippen LogP contribution >= 0.6 is 11.6 Å². The first-order chi connectivity index (χ1) is 11.3. The number of nitrogens with zero attached hydrogens (tertiary/aromatic N) is 1. The Bertz CT molecular complexity index is 960. The van der Waals surface area contributed by atoms with E-state index in [1.807, 2.05) is 48.7 Å². The Kier molecular flexibility index (Phi) is 3.57. The topological polar surface area (TPSA) is 12.9 Å². The fourth-order valence-corrected chi connectivity index (χ4v) is 3.00. The van der Waals surface area contributed by atoms with Gasteiger partial charge in [0.2, 0.25) is 0 Å². The lowest BCUT2D eigenvalue weighted by Gasteiger charge is -2.11. The molecule has 4 aromatic rings. The third kappa shape index (κ3) is 2.60. The first-order valence-electron chi connectivity index (χ1n) is 7.52. The number of rotatable bonds is 2. The van der Waals surface area contributed by atoms with Gasteiger partial charge >= 0.3 is 0 Å². The number of pyridine rings is 1. The zero-order valence-corrected chi connectivity index (χ0v) is 13.2. The molecule has 1 heterocycles. The SMILES string of the molecule is Clc1ccc(-c2cnc(-c3ccccc3)c3ccccc23)cc1. The van der Waals surface area contributed by atoms with Gasteiger partial charge in [-0.05, 0) is 23.1 Å². The van der Waals surface area contributed by atoms with E-state index in [4.69, 9.17) is 16.6 Å². The summed E-state index contributed by atoms with van der Waals surface area (Å²) in [6, 6.07) is 26.6. The minimum Gasteiger partial charge on any atom is -0.255 e. The molecule has 3 aromatic carbocycles. The van der Waals surface area contributed by atoms with Crippen molar-refractivity contribution in [3.8, 4) is 22.4 Å². The molecule has 0 unspecified atom stereocenters. The molecule has 0 aliphatic rings. The number of aromatic nitrogens is 1. The van der Waals surface area contributed by atoms with Gasteiger partial charge in [0.1, 0.15) is 0 Å². The molecule has 0 fully saturated rings. The highest BCUT2D eigenvalue weighted by atomic mass is 35.5. The number of benzene rings is 3. The summed E-state index contributed by atoms with van der Waals surface area (Å²) in [5, 5.41) is 3.10. The normalized spacial score (nSPS) is 10.8. The highest BCUT2D eigenvalue weighted by Crippen LogP contribution is 2.33. The van der Waals surface area contributed by atoms with Crippen LogP contribution in [0.4, 0.5) is 0 Å². The average molecular weight is 316 g/mol. The molecule has 1 aromatic heterocycles. The van der Waals surface area contributed by atoms with Crippen LogP contribution in [0.15, 0.2) is 85.1 Å². The largest absolute Gasteiger partial charge is 0.255 e. The Morgan fingerprint density at radius 1 is 0.609 bits per heavy atom. The number of hydrogen-bond acceptors (Lipinski definition) is 1. The second-order valence-electron chi connectivity index (χ2n) is 5.44. The summed E-state index contributed by atoms with van der Waals surface area (Å²) in [6.07, 6.45) is 1.95. The number of hydrogen-bond donors (Lipinski definition) is 0. The van der Waals surface area contributed by atoms with E-state index < -0.39 is 0 Å². The van der Waals surface area contributed by atoms with Crippen LogP contribution in [-0.4, -0.2) is 4.98 Å².